The summed E-state index contributed by atoms with van der Waals surface area (Å²) < 4.78 is 0.766. The van der Waals surface area contributed by atoms with Gasteiger partial charge in [0.1, 0.15) is 15.2 Å². The quantitative estimate of drug-likeness (QED) is 0.915. The molecule has 1 aromatic carbocycles. The Labute approximate surface area is 113 Å². The molecular weight excluding hydrogens is 298 g/mol. The van der Waals surface area contributed by atoms with E-state index >= 15 is 0 Å². The number of aliphatic hydroxyl groups is 1. The number of aromatic nitrogens is 1. The lowest BCUT2D eigenvalue weighted by molar-refractivity contribution is 0.102. The van der Waals surface area contributed by atoms with Gasteiger partial charge < -0.3 is 5.11 Å². The van der Waals surface area contributed by atoms with Crippen LogP contribution in [-0.4, -0.2) is 10.1 Å². The zero-order valence-corrected chi connectivity index (χ0v) is 12.4. The van der Waals surface area contributed by atoms with Crippen molar-refractivity contribution in [2.24, 2.45) is 0 Å². The average Bonchev–Trinajstić information content (AvgIpc) is 2.64. The van der Waals surface area contributed by atoms with Crippen LogP contribution in [0.4, 0.5) is 0 Å². The van der Waals surface area contributed by atoms with E-state index in [0.29, 0.717) is 5.01 Å². The summed E-state index contributed by atoms with van der Waals surface area (Å²) in [5, 5.41) is 13.2. The molecule has 1 aromatic heterocycles. The van der Waals surface area contributed by atoms with Gasteiger partial charge in [-0.15, -0.1) is 11.3 Å². The summed E-state index contributed by atoms with van der Waals surface area (Å²) in [5.74, 6) is 0. The van der Waals surface area contributed by atoms with Crippen LogP contribution in [-0.2, 0) is 5.60 Å². The number of thiazole rings is 1. The van der Waals surface area contributed by atoms with E-state index in [1.807, 2.05) is 31.4 Å². The smallest absolute Gasteiger partial charge is 0.138 e. The molecule has 90 valence electrons. The molecule has 0 bridgehead atoms. The molecule has 0 aliphatic carbocycles. The van der Waals surface area contributed by atoms with Crippen molar-refractivity contribution >= 4 is 27.3 Å². The monoisotopic (exact) mass is 311 g/mol. The Hall–Kier alpha value is -0.710. The molecular formula is C13H14BrNOS. The molecule has 0 spiro atoms. The van der Waals surface area contributed by atoms with E-state index in [2.05, 4.69) is 27.0 Å². The van der Waals surface area contributed by atoms with Crippen LogP contribution in [0, 0.1) is 13.8 Å². The fourth-order valence-electron chi connectivity index (χ4n) is 1.86. The first-order chi connectivity index (χ1) is 7.89. The second-order valence-corrected chi connectivity index (χ2v) is 6.09. The minimum atomic E-state index is -1.03. The summed E-state index contributed by atoms with van der Waals surface area (Å²) in [5.41, 5.74) is 2.15. The van der Waals surface area contributed by atoms with Gasteiger partial charge in [-0.2, -0.15) is 0 Å². The molecule has 0 aliphatic heterocycles. The summed E-state index contributed by atoms with van der Waals surface area (Å²) in [4.78, 5) is 4.30. The normalized spacial score (nSPS) is 14.6. The van der Waals surface area contributed by atoms with Crippen LogP contribution in [0.3, 0.4) is 0 Å². The van der Waals surface area contributed by atoms with Crippen molar-refractivity contribution in [3.63, 3.8) is 0 Å². The Kier molecular flexibility index (Phi) is 3.39. The van der Waals surface area contributed by atoms with E-state index in [0.717, 1.165) is 21.3 Å². The van der Waals surface area contributed by atoms with Crippen molar-refractivity contribution in [3.05, 3.63) is 49.9 Å². The number of hydrogen-bond donors (Lipinski definition) is 1. The molecule has 1 N–H and O–H groups in total. The highest BCUT2D eigenvalue weighted by Crippen LogP contribution is 2.33. The second kappa shape index (κ2) is 4.52. The lowest BCUT2D eigenvalue weighted by Gasteiger charge is -2.22. The Morgan fingerprint density at radius 2 is 1.82 bits per heavy atom. The molecule has 2 aromatic rings. The first kappa shape index (κ1) is 12.7. The van der Waals surface area contributed by atoms with Gasteiger partial charge in [-0.1, -0.05) is 29.3 Å². The average molecular weight is 312 g/mol. The Morgan fingerprint density at radius 1 is 1.24 bits per heavy atom. The minimum Gasteiger partial charge on any atom is -0.378 e. The molecule has 0 saturated carbocycles. The van der Waals surface area contributed by atoms with Gasteiger partial charge in [-0.05, 0) is 42.3 Å². The van der Waals surface area contributed by atoms with E-state index in [4.69, 9.17) is 0 Å². The maximum absolute atomic E-state index is 10.6. The molecule has 1 atom stereocenters. The first-order valence-electron chi connectivity index (χ1n) is 5.32. The molecule has 2 nitrogen and oxygen atoms in total. The van der Waals surface area contributed by atoms with E-state index in [1.165, 1.54) is 11.3 Å². The largest absolute Gasteiger partial charge is 0.378 e. The van der Waals surface area contributed by atoms with Crippen LogP contribution in [0.1, 0.15) is 28.6 Å². The van der Waals surface area contributed by atoms with E-state index < -0.39 is 5.60 Å². The zero-order valence-electron chi connectivity index (χ0n) is 9.99. The van der Waals surface area contributed by atoms with Gasteiger partial charge in [0.25, 0.3) is 0 Å². The molecule has 2 rings (SSSR count). The molecule has 1 heterocycles. The van der Waals surface area contributed by atoms with Gasteiger partial charge in [-0.3, -0.25) is 0 Å². The Bertz CT molecular complexity index is 528. The third kappa shape index (κ3) is 2.59. The fraction of sp³-hybridized carbons (Fsp3) is 0.308. The summed E-state index contributed by atoms with van der Waals surface area (Å²) in [6, 6.07) is 6.10. The lowest BCUT2D eigenvalue weighted by atomic mass is 9.93. The van der Waals surface area contributed by atoms with Gasteiger partial charge in [-0.25, -0.2) is 4.98 Å². The fourth-order valence-corrected chi connectivity index (χ4v) is 3.19. The van der Waals surface area contributed by atoms with E-state index in [9.17, 15) is 5.11 Å². The third-order valence-electron chi connectivity index (χ3n) is 2.68. The maximum Gasteiger partial charge on any atom is 0.138 e. The van der Waals surface area contributed by atoms with Crippen LogP contribution in [0.15, 0.2) is 28.2 Å². The topological polar surface area (TPSA) is 33.1 Å². The highest BCUT2D eigenvalue weighted by atomic mass is 79.9. The highest BCUT2D eigenvalue weighted by molar-refractivity contribution is 9.10. The molecule has 0 fully saturated rings. The summed E-state index contributed by atoms with van der Waals surface area (Å²) in [6.07, 6.45) is 0. The predicted octanol–water partition coefficient (Wildman–Crippen LogP) is 3.78. The van der Waals surface area contributed by atoms with Crippen LogP contribution < -0.4 is 0 Å². The number of benzene rings is 1. The SMILES string of the molecule is Cc1cc(C)cc(C(C)(O)c2nc(Br)cs2)c1. The molecule has 17 heavy (non-hydrogen) atoms. The standard InChI is InChI=1S/C13H14BrNOS/c1-8-4-9(2)6-10(5-8)13(3,16)12-15-11(14)7-17-12/h4-7,16H,1-3H3. The summed E-state index contributed by atoms with van der Waals surface area (Å²) in [6.45, 7) is 5.85. The van der Waals surface area contributed by atoms with Gasteiger partial charge in [0, 0.05) is 5.38 Å². The van der Waals surface area contributed by atoms with Gasteiger partial charge in [0.15, 0.2) is 0 Å². The lowest BCUT2D eigenvalue weighted by Crippen LogP contribution is -2.22. The molecule has 0 saturated heterocycles. The van der Waals surface area contributed by atoms with Crippen LogP contribution in [0.25, 0.3) is 0 Å². The second-order valence-electron chi connectivity index (χ2n) is 4.42. The molecule has 4 heteroatoms. The first-order valence-corrected chi connectivity index (χ1v) is 6.99. The number of aryl methyl sites for hydroxylation is 2. The van der Waals surface area contributed by atoms with Crippen molar-refractivity contribution in [2.45, 2.75) is 26.4 Å². The van der Waals surface area contributed by atoms with Crippen LogP contribution >= 0.6 is 27.3 Å². The van der Waals surface area contributed by atoms with Crippen molar-refractivity contribution < 1.29 is 5.11 Å². The van der Waals surface area contributed by atoms with Crippen molar-refractivity contribution in [1.29, 1.82) is 0 Å². The Morgan fingerprint density at radius 3 is 2.29 bits per heavy atom. The van der Waals surface area contributed by atoms with E-state index in [1.54, 1.807) is 6.92 Å². The molecule has 0 radical (unpaired) electrons. The van der Waals surface area contributed by atoms with Crippen molar-refractivity contribution in [1.82, 2.24) is 4.98 Å². The molecule has 0 aliphatic rings. The summed E-state index contributed by atoms with van der Waals surface area (Å²) >= 11 is 4.77. The highest BCUT2D eigenvalue weighted by Gasteiger charge is 2.29. The van der Waals surface area contributed by atoms with Crippen LogP contribution in [0.2, 0.25) is 0 Å². The predicted molar refractivity (Wildman–Crippen MR) is 74.4 cm³/mol. The van der Waals surface area contributed by atoms with E-state index in [-0.39, 0.29) is 0 Å². The Balaban J connectivity index is 2.50. The minimum absolute atomic E-state index is 0.703. The zero-order chi connectivity index (χ0) is 12.6. The molecule has 0 amide bonds. The van der Waals surface area contributed by atoms with Crippen LogP contribution in [0.5, 0.6) is 0 Å². The molecule has 1 unspecified atom stereocenters. The van der Waals surface area contributed by atoms with Gasteiger partial charge in [0.2, 0.25) is 0 Å². The number of hydrogen-bond acceptors (Lipinski definition) is 3. The van der Waals surface area contributed by atoms with Gasteiger partial charge >= 0.3 is 0 Å². The number of rotatable bonds is 2. The number of halogens is 1. The van der Waals surface area contributed by atoms with Gasteiger partial charge in [0.05, 0.1) is 0 Å². The summed E-state index contributed by atoms with van der Waals surface area (Å²) in [7, 11) is 0. The van der Waals surface area contributed by atoms with Crippen molar-refractivity contribution in [2.75, 3.05) is 0 Å². The third-order valence-corrected chi connectivity index (χ3v) is 4.44. The van der Waals surface area contributed by atoms with Crippen molar-refractivity contribution in [3.8, 4) is 0 Å². The maximum atomic E-state index is 10.6. The number of nitrogens with zero attached hydrogens (tertiary/aromatic N) is 1.